The van der Waals surface area contributed by atoms with E-state index in [4.69, 9.17) is 4.74 Å². The van der Waals surface area contributed by atoms with E-state index in [2.05, 4.69) is 26.0 Å². The molecule has 1 fully saturated rings. The molecule has 18 heavy (non-hydrogen) atoms. The number of rotatable bonds is 1. The molecule has 0 N–H and O–H groups in total. The van der Waals surface area contributed by atoms with E-state index in [1.807, 2.05) is 6.92 Å². The van der Waals surface area contributed by atoms with E-state index in [0.717, 1.165) is 37.1 Å². The first-order valence-electron chi connectivity index (χ1n) is 5.99. The molecule has 3 rings (SSSR count). The summed E-state index contributed by atoms with van der Waals surface area (Å²) in [7, 11) is 0. The standard InChI is InChI=1S/C12H13BrFN3O/c1-7-11-9(6-8(14)12(13)15-11)17(16-7)10-4-2-3-5-18-10/h6,10H,2-5H2,1H3. The molecule has 6 heteroatoms. The van der Waals surface area contributed by atoms with Crippen molar-refractivity contribution in [2.45, 2.75) is 32.4 Å². The fraction of sp³-hybridized carbons (Fsp3) is 0.500. The number of fused-ring (bicyclic) bond motifs is 1. The van der Waals surface area contributed by atoms with Crippen molar-refractivity contribution in [2.75, 3.05) is 6.61 Å². The summed E-state index contributed by atoms with van der Waals surface area (Å²) in [5, 5.41) is 4.44. The molecule has 1 saturated heterocycles. The van der Waals surface area contributed by atoms with Gasteiger partial charge in [-0.25, -0.2) is 14.1 Å². The van der Waals surface area contributed by atoms with Crippen molar-refractivity contribution in [3.05, 3.63) is 22.2 Å². The zero-order valence-corrected chi connectivity index (χ0v) is 11.6. The van der Waals surface area contributed by atoms with Crippen LogP contribution in [0.3, 0.4) is 0 Å². The molecule has 96 valence electrons. The van der Waals surface area contributed by atoms with Gasteiger partial charge >= 0.3 is 0 Å². The van der Waals surface area contributed by atoms with Crippen molar-refractivity contribution in [1.82, 2.24) is 14.8 Å². The third kappa shape index (κ3) is 1.93. The molecular formula is C12H13BrFN3O. The highest BCUT2D eigenvalue weighted by Gasteiger charge is 2.21. The lowest BCUT2D eigenvalue weighted by Gasteiger charge is -2.23. The van der Waals surface area contributed by atoms with E-state index in [-0.39, 0.29) is 16.6 Å². The number of pyridine rings is 1. The normalized spacial score (nSPS) is 20.5. The summed E-state index contributed by atoms with van der Waals surface area (Å²) in [6, 6.07) is 1.46. The zero-order chi connectivity index (χ0) is 12.7. The molecule has 0 amide bonds. The van der Waals surface area contributed by atoms with Gasteiger partial charge in [-0.3, -0.25) is 0 Å². The second-order valence-corrected chi connectivity index (χ2v) is 5.23. The Morgan fingerprint density at radius 2 is 2.33 bits per heavy atom. The van der Waals surface area contributed by atoms with E-state index in [0.29, 0.717) is 5.52 Å². The minimum atomic E-state index is -0.376. The topological polar surface area (TPSA) is 39.9 Å². The lowest BCUT2D eigenvalue weighted by atomic mass is 10.2. The Bertz CT molecular complexity index is 593. The third-order valence-electron chi connectivity index (χ3n) is 3.19. The molecule has 1 unspecified atom stereocenters. The highest BCUT2D eigenvalue weighted by atomic mass is 79.9. The monoisotopic (exact) mass is 313 g/mol. The molecule has 0 bridgehead atoms. The lowest BCUT2D eigenvalue weighted by Crippen LogP contribution is -2.19. The number of hydrogen-bond acceptors (Lipinski definition) is 3. The number of aromatic nitrogens is 3. The van der Waals surface area contributed by atoms with Gasteiger partial charge in [-0.1, -0.05) is 0 Å². The first-order valence-corrected chi connectivity index (χ1v) is 6.78. The number of ether oxygens (including phenoxy) is 1. The van der Waals surface area contributed by atoms with Gasteiger partial charge in [0.05, 0.1) is 11.2 Å². The molecule has 0 saturated carbocycles. The van der Waals surface area contributed by atoms with Crippen LogP contribution >= 0.6 is 15.9 Å². The lowest BCUT2D eigenvalue weighted by molar-refractivity contribution is -0.0368. The minimum Gasteiger partial charge on any atom is -0.356 e. The van der Waals surface area contributed by atoms with Crippen molar-refractivity contribution in [2.24, 2.45) is 0 Å². The summed E-state index contributed by atoms with van der Waals surface area (Å²) >= 11 is 3.10. The average Bonchev–Trinajstić information content (AvgIpc) is 2.69. The molecule has 2 aromatic rings. The Balaban J connectivity index is 2.14. The van der Waals surface area contributed by atoms with Crippen LogP contribution in [0.1, 0.15) is 31.2 Å². The molecule has 2 aromatic heterocycles. The van der Waals surface area contributed by atoms with Crippen LogP contribution in [0.25, 0.3) is 11.0 Å². The molecule has 3 heterocycles. The van der Waals surface area contributed by atoms with Gasteiger partial charge in [0.25, 0.3) is 0 Å². The summed E-state index contributed by atoms with van der Waals surface area (Å²) < 4.78 is 21.3. The van der Waals surface area contributed by atoms with E-state index >= 15 is 0 Å². The molecular weight excluding hydrogens is 301 g/mol. The number of nitrogens with zero attached hydrogens (tertiary/aromatic N) is 3. The van der Waals surface area contributed by atoms with Gasteiger partial charge in [0.1, 0.15) is 10.1 Å². The van der Waals surface area contributed by atoms with Gasteiger partial charge in [0.2, 0.25) is 0 Å². The van der Waals surface area contributed by atoms with Gasteiger partial charge < -0.3 is 4.74 Å². The van der Waals surface area contributed by atoms with Crippen LogP contribution in [0.4, 0.5) is 4.39 Å². The fourth-order valence-corrected chi connectivity index (χ4v) is 2.59. The molecule has 0 spiro atoms. The van der Waals surface area contributed by atoms with Crippen molar-refractivity contribution >= 4 is 27.0 Å². The van der Waals surface area contributed by atoms with E-state index in [1.165, 1.54) is 6.07 Å². The van der Waals surface area contributed by atoms with Gasteiger partial charge in [-0.2, -0.15) is 5.10 Å². The van der Waals surface area contributed by atoms with Gasteiger partial charge in [0.15, 0.2) is 12.0 Å². The SMILES string of the molecule is Cc1nn(C2CCCCO2)c2cc(F)c(Br)nc12. The van der Waals surface area contributed by atoms with E-state index < -0.39 is 0 Å². The van der Waals surface area contributed by atoms with Crippen LogP contribution in [0.2, 0.25) is 0 Å². The Morgan fingerprint density at radius 3 is 3.06 bits per heavy atom. The Hall–Kier alpha value is -1.01. The summed E-state index contributed by atoms with van der Waals surface area (Å²) in [6.07, 6.45) is 3.00. The van der Waals surface area contributed by atoms with Gasteiger partial charge in [0, 0.05) is 12.7 Å². The highest BCUT2D eigenvalue weighted by molar-refractivity contribution is 9.10. The maximum absolute atomic E-state index is 13.6. The smallest absolute Gasteiger partial charge is 0.158 e. The Kier molecular flexibility index (Phi) is 3.07. The van der Waals surface area contributed by atoms with Crippen LogP contribution in [0.5, 0.6) is 0 Å². The number of halogens is 2. The Labute approximate surface area is 112 Å². The van der Waals surface area contributed by atoms with E-state index in [1.54, 1.807) is 4.68 Å². The zero-order valence-electron chi connectivity index (χ0n) is 9.99. The maximum Gasteiger partial charge on any atom is 0.158 e. The largest absolute Gasteiger partial charge is 0.356 e. The molecule has 4 nitrogen and oxygen atoms in total. The van der Waals surface area contributed by atoms with Crippen molar-refractivity contribution in [1.29, 1.82) is 0 Å². The van der Waals surface area contributed by atoms with Crippen LogP contribution < -0.4 is 0 Å². The average molecular weight is 314 g/mol. The molecule has 1 aliphatic heterocycles. The quantitative estimate of drug-likeness (QED) is 0.758. The summed E-state index contributed by atoms with van der Waals surface area (Å²) in [5.41, 5.74) is 2.21. The van der Waals surface area contributed by atoms with Gasteiger partial charge in [-0.05, 0) is 42.1 Å². The Morgan fingerprint density at radius 1 is 1.50 bits per heavy atom. The molecule has 0 aromatic carbocycles. The first-order chi connectivity index (χ1) is 8.66. The second-order valence-electron chi connectivity index (χ2n) is 4.48. The predicted molar refractivity (Wildman–Crippen MR) is 68.8 cm³/mol. The number of hydrogen-bond donors (Lipinski definition) is 0. The molecule has 0 radical (unpaired) electrons. The fourth-order valence-electron chi connectivity index (χ4n) is 2.30. The van der Waals surface area contributed by atoms with Crippen LogP contribution in [0, 0.1) is 12.7 Å². The van der Waals surface area contributed by atoms with Crippen molar-refractivity contribution in [3.8, 4) is 0 Å². The second kappa shape index (κ2) is 4.59. The summed E-state index contributed by atoms with van der Waals surface area (Å²) in [6.45, 7) is 2.61. The third-order valence-corrected chi connectivity index (χ3v) is 3.74. The van der Waals surface area contributed by atoms with Crippen LogP contribution in [-0.4, -0.2) is 21.4 Å². The van der Waals surface area contributed by atoms with E-state index in [9.17, 15) is 4.39 Å². The highest BCUT2D eigenvalue weighted by Crippen LogP contribution is 2.28. The van der Waals surface area contributed by atoms with Gasteiger partial charge in [-0.15, -0.1) is 0 Å². The van der Waals surface area contributed by atoms with Crippen molar-refractivity contribution < 1.29 is 9.13 Å². The molecule has 1 aliphatic rings. The minimum absolute atomic E-state index is 0.0997. The molecule has 0 aliphatic carbocycles. The van der Waals surface area contributed by atoms with Crippen LogP contribution in [0.15, 0.2) is 10.7 Å². The van der Waals surface area contributed by atoms with Crippen LogP contribution in [-0.2, 0) is 4.74 Å². The summed E-state index contributed by atoms with van der Waals surface area (Å²) in [4.78, 5) is 4.19. The molecule has 1 atom stereocenters. The predicted octanol–water partition coefficient (Wildman–Crippen LogP) is 3.34. The van der Waals surface area contributed by atoms with Crippen molar-refractivity contribution in [3.63, 3.8) is 0 Å². The number of aryl methyl sites for hydroxylation is 1. The first kappa shape index (κ1) is 12.0. The summed E-state index contributed by atoms with van der Waals surface area (Å²) in [5.74, 6) is -0.376. The maximum atomic E-state index is 13.6.